The number of fused-ring (bicyclic) bond motifs is 1. The molecule has 9 nitrogen and oxygen atoms in total. The Morgan fingerprint density at radius 1 is 0.935 bits per heavy atom. The number of rotatable bonds is 12. The van der Waals surface area contributed by atoms with E-state index in [1.54, 1.807) is 36.2 Å². The Morgan fingerprint density at radius 3 is 2.28 bits per heavy atom. The van der Waals surface area contributed by atoms with Crippen LogP contribution in [0.2, 0.25) is 0 Å². The van der Waals surface area contributed by atoms with E-state index in [9.17, 15) is 24.0 Å². The van der Waals surface area contributed by atoms with Gasteiger partial charge in [-0.15, -0.1) is 0 Å². The van der Waals surface area contributed by atoms with Crippen molar-refractivity contribution in [3.8, 4) is 0 Å². The SMILES string of the molecule is CNC(=O)C(Cc1ccccc1)N1CCC([C@@H]2C=CC=CC2)CC(NC(=O)C(Br)CCCCN2C(=O)c3ccccc3C2=O)C1=O. The fraction of sp³-hybridized carbons (Fsp3) is 0.417. The quantitative estimate of drug-likeness (QED) is 0.195. The number of nitrogens with one attached hydrogen (secondary N) is 2. The fourth-order valence-electron chi connectivity index (χ4n) is 6.68. The van der Waals surface area contributed by atoms with Crippen LogP contribution in [0.25, 0.3) is 0 Å². The van der Waals surface area contributed by atoms with Crippen LogP contribution >= 0.6 is 15.9 Å². The molecule has 2 aromatic carbocycles. The zero-order chi connectivity index (χ0) is 32.6. The van der Waals surface area contributed by atoms with Gasteiger partial charge in [-0.3, -0.25) is 28.9 Å². The average Bonchev–Trinajstić information content (AvgIpc) is 3.21. The van der Waals surface area contributed by atoms with E-state index >= 15 is 0 Å². The second kappa shape index (κ2) is 15.5. The number of amides is 5. The molecule has 4 unspecified atom stereocenters. The normalized spacial score (nSPS) is 22.3. The number of halogens is 1. The zero-order valence-electron chi connectivity index (χ0n) is 26.1. The summed E-state index contributed by atoms with van der Waals surface area (Å²) in [4.78, 5) is 68.5. The van der Waals surface area contributed by atoms with Gasteiger partial charge in [-0.2, -0.15) is 0 Å². The molecule has 1 aliphatic carbocycles. The average molecular weight is 690 g/mol. The largest absolute Gasteiger partial charge is 0.357 e. The van der Waals surface area contributed by atoms with Crippen molar-refractivity contribution in [2.24, 2.45) is 11.8 Å². The summed E-state index contributed by atoms with van der Waals surface area (Å²) in [6.07, 6.45) is 12.4. The van der Waals surface area contributed by atoms with Crippen LogP contribution in [0.15, 0.2) is 78.9 Å². The maximum Gasteiger partial charge on any atom is 0.261 e. The molecule has 2 aromatic rings. The van der Waals surface area contributed by atoms with Crippen LogP contribution in [0.4, 0.5) is 0 Å². The molecule has 0 saturated carbocycles. The number of imide groups is 1. The van der Waals surface area contributed by atoms with Crippen molar-refractivity contribution >= 4 is 45.5 Å². The third-order valence-corrected chi connectivity index (χ3v) is 10.1. The Kier molecular flexibility index (Phi) is 11.2. The Hall–Kier alpha value is -4.05. The number of likely N-dealkylation sites (tertiary alicyclic amines) is 1. The molecular weight excluding hydrogens is 648 g/mol. The van der Waals surface area contributed by atoms with Crippen molar-refractivity contribution in [2.45, 2.75) is 61.9 Å². The molecule has 0 bridgehead atoms. The van der Waals surface area contributed by atoms with Crippen LogP contribution in [0.3, 0.4) is 0 Å². The molecule has 1 fully saturated rings. The van der Waals surface area contributed by atoms with Crippen molar-refractivity contribution in [3.63, 3.8) is 0 Å². The molecule has 5 amide bonds. The zero-order valence-corrected chi connectivity index (χ0v) is 27.7. The highest BCUT2D eigenvalue weighted by atomic mass is 79.9. The molecule has 0 radical (unpaired) electrons. The number of allylic oxidation sites excluding steroid dienone is 4. The number of hydrogen-bond acceptors (Lipinski definition) is 5. The van der Waals surface area contributed by atoms with Crippen LogP contribution in [0.5, 0.6) is 0 Å². The number of carbonyl (C=O) groups is 5. The van der Waals surface area contributed by atoms with Crippen LogP contribution in [-0.2, 0) is 20.8 Å². The van der Waals surface area contributed by atoms with Crippen LogP contribution in [-0.4, -0.2) is 76.4 Å². The smallest absolute Gasteiger partial charge is 0.261 e. The number of benzene rings is 2. The number of nitrogens with zero attached hydrogens (tertiary/aromatic N) is 2. The van der Waals surface area contributed by atoms with Gasteiger partial charge in [-0.05, 0) is 61.6 Å². The molecule has 5 rings (SSSR count). The van der Waals surface area contributed by atoms with Crippen molar-refractivity contribution in [1.29, 1.82) is 0 Å². The fourth-order valence-corrected chi connectivity index (χ4v) is 7.14. The standard InChI is InChI=1S/C36H41BrN4O5/c1-38-33(43)31(22-24-12-4-2-5-13-24)40-21-19-26(25-14-6-3-7-15-25)23-30(36(40)46)39-32(42)29(37)18-10-11-20-41-34(44)27-16-8-9-17-28(27)35(41)45/h2-9,12-14,16-17,25-26,29-31H,10-11,15,18-23H2,1H3,(H,38,43)(H,39,42)/t25-,26?,29?,30?,31?/m1/s1. The van der Waals surface area contributed by atoms with Crippen LogP contribution in [0.1, 0.15) is 64.8 Å². The Morgan fingerprint density at radius 2 is 1.63 bits per heavy atom. The highest BCUT2D eigenvalue weighted by Crippen LogP contribution is 2.32. The summed E-state index contributed by atoms with van der Waals surface area (Å²) in [5, 5.41) is 5.76. The predicted octanol–water partition coefficient (Wildman–Crippen LogP) is 4.43. The second-order valence-electron chi connectivity index (χ2n) is 12.2. The first kappa shape index (κ1) is 33.3. The number of alkyl halides is 1. The topological polar surface area (TPSA) is 116 Å². The minimum Gasteiger partial charge on any atom is -0.357 e. The molecule has 1 saturated heterocycles. The lowest BCUT2D eigenvalue weighted by atomic mass is 9.81. The molecule has 2 aliphatic heterocycles. The Balaban J connectivity index is 1.23. The summed E-state index contributed by atoms with van der Waals surface area (Å²) >= 11 is 3.52. The summed E-state index contributed by atoms with van der Waals surface area (Å²) in [6, 6.07) is 15.0. The number of hydrogen-bond donors (Lipinski definition) is 2. The van der Waals surface area contributed by atoms with Gasteiger partial charge >= 0.3 is 0 Å². The van der Waals surface area contributed by atoms with Crippen LogP contribution < -0.4 is 10.6 Å². The molecule has 5 atom stereocenters. The summed E-state index contributed by atoms with van der Waals surface area (Å²) in [5.74, 6) is -0.963. The first-order valence-corrected chi connectivity index (χ1v) is 17.0. The van der Waals surface area contributed by atoms with Gasteiger partial charge in [0.15, 0.2) is 0 Å². The Bertz CT molecular complexity index is 1470. The Labute approximate surface area is 278 Å². The molecular formula is C36H41BrN4O5. The van der Waals surface area contributed by atoms with Gasteiger partial charge in [0.1, 0.15) is 12.1 Å². The van der Waals surface area contributed by atoms with E-state index < -0.39 is 16.9 Å². The highest BCUT2D eigenvalue weighted by molar-refractivity contribution is 9.10. The van der Waals surface area contributed by atoms with Crippen molar-refractivity contribution in [3.05, 3.63) is 95.6 Å². The van der Waals surface area contributed by atoms with Gasteiger partial charge in [0.2, 0.25) is 17.7 Å². The van der Waals surface area contributed by atoms with E-state index in [0.29, 0.717) is 49.8 Å². The number of carbonyl (C=O) groups excluding carboxylic acids is 5. The minimum atomic E-state index is -0.777. The summed E-state index contributed by atoms with van der Waals surface area (Å²) in [5.41, 5.74) is 1.80. The van der Waals surface area contributed by atoms with Crippen molar-refractivity contribution in [2.75, 3.05) is 20.1 Å². The third kappa shape index (κ3) is 7.66. The molecule has 2 heterocycles. The number of unbranched alkanes of at least 4 members (excludes halogenated alkanes) is 1. The summed E-state index contributed by atoms with van der Waals surface area (Å²) < 4.78 is 0. The molecule has 2 N–H and O–H groups in total. The van der Waals surface area contributed by atoms with Gasteiger partial charge in [0, 0.05) is 26.6 Å². The van der Waals surface area contributed by atoms with Gasteiger partial charge in [-0.1, -0.05) is 89.1 Å². The lowest BCUT2D eigenvalue weighted by molar-refractivity contribution is -0.142. The van der Waals surface area contributed by atoms with Gasteiger partial charge in [0.25, 0.3) is 11.8 Å². The number of likely N-dealkylation sites (N-methyl/N-ethyl adjacent to an activating group) is 1. The van der Waals surface area contributed by atoms with Crippen molar-refractivity contribution in [1.82, 2.24) is 20.4 Å². The minimum absolute atomic E-state index is 0.149. The maximum absolute atomic E-state index is 14.2. The van der Waals surface area contributed by atoms with Crippen molar-refractivity contribution < 1.29 is 24.0 Å². The first-order chi connectivity index (χ1) is 22.3. The third-order valence-electron chi connectivity index (χ3n) is 9.25. The summed E-state index contributed by atoms with van der Waals surface area (Å²) in [6.45, 7) is 0.696. The van der Waals surface area contributed by atoms with E-state index in [-0.39, 0.29) is 47.9 Å². The molecule has 3 aliphatic rings. The van der Waals surface area contributed by atoms with Gasteiger partial charge in [-0.25, -0.2) is 0 Å². The van der Waals surface area contributed by atoms with E-state index in [2.05, 4.69) is 38.7 Å². The van der Waals surface area contributed by atoms with E-state index in [1.165, 1.54) is 4.90 Å². The first-order valence-electron chi connectivity index (χ1n) is 16.1. The molecule has 0 spiro atoms. The maximum atomic E-state index is 14.2. The monoisotopic (exact) mass is 688 g/mol. The predicted molar refractivity (Wildman–Crippen MR) is 179 cm³/mol. The lowest BCUT2D eigenvalue weighted by Gasteiger charge is -2.32. The molecule has 0 aromatic heterocycles. The van der Waals surface area contributed by atoms with E-state index in [0.717, 1.165) is 18.4 Å². The van der Waals surface area contributed by atoms with Gasteiger partial charge in [0.05, 0.1) is 16.0 Å². The van der Waals surface area contributed by atoms with E-state index in [4.69, 9.17) is 0 Å². The summed E-state index contributed by atoms with van der Waals surface area (Å²) in [7, 11) is 1.58. The molecule has 10 heteroatoms. The van der Waals surface area contributed by atoms with Gasteiger partial charge < -0.3 is 15.5 Å². The highest BCUT2D eigenvalue weighted by Gasteiger charge is 2.40. The lowest BCUT2D eigenvalue weighted by Crippen LogP contribution is -2.56. The van der Waals surface area contributed by atoms with Crippen LogP contribution in [0, 0.1) is 11.8 Å². The van der Waals surface area contributed by atoms with E-state index in [1.807, 2.05) is 42.5 Å². The second-order valence-corrected chi connectivity index (χ2v) is 13.3. The molecule has 46 heavy (non-hydrogen) atoms. The molecule has 242 valence electrons.